The van der Waals surface area contributed by atoms with Crippen molar-refractivity contribution < 1.29 is 13.2 Å². The summed E-state index contributed by atoms with van der Waals surface area (Å²) in [5, 5.41) is 3.72. The van der Waals surface area contributed by atoms with Gasteiger partial charge in [-0.05, 0) is 24.3 Å². The fourth-order valence-electron chi connectivity index (χ4n) is 2.23. The average Bonchev–Trinajstić information content (AvgIpc) is 2.91. The summed E-state index contributed by atoms with van der Waals surface area (Å²) in [6, 6.07) is 6.95. The zero-order valence-corrected chi connectivity index (χ0v) is 13.7. The standard InChI is InChI=1S/C14H12ClF3N4OS/c15-8-1-3-9(4-2-8)22-7-19-11-10(22)12(23)21-13(20-11)24-6-5-14(16,17)18/h1-4H,5-7H2,(H2,19,20,21,23). The molecule has 0 atom stereocenters. The third kappa shape index (κ3) is 3.78. The summed E-state index contributed by atoms with van der Waals surface area (Å²) >= 11 is 6.72. The van der Waals surface area contributed by atoms with Crippen LogP contribution < -0.4 is 15.8 Å². The van der Waals surface area contributed by atoms with Crippen LogP contribution in [0.15, 0.2) is 34.2 Å². The number of alkyl halides is 3. The molecular weight excluding hydrogens is 365 g/mol. The highest BCUT2D eigenvalue weighted by molar-refractivity contribution is 7.99. The van der Waals surface area contributed by atoms with Gasteiger partial charge in [-0.2, -0.15) is 13.2 Å². The first-order valence-electron chi connectivity index (χ1n) is 6.94. The number of benzene rings is 1. The lowest BCUT2D eigenvalue weighted by Gasteiger charge is -2.16. The number of H-pyrrole nitrogens is 1. The van der Waals surface area contributed by atoms with Gasteiger partial charge in [0.2, 0.25) is 0 Å². The summed E-state index contributed by atoms with van der Waals surface area (Å²) in [6.07, 6.45) is -5.17. The summed E-state index contributed by atoms with van der Waals surface area (Å²) in [7, 11) is 0. The van der Waals surface area contributed by atoms with Gasteiger partial charge in [-0.1, -0.05) is 23.4 Å². The van der Waals surface area contributed by atoms with E-state index in [-0.39, 0.29) is 10.9 Å². The molecule has 0 saturated heterocycles. The third-order valence-corrected chi connectivity index (χ3v) is 4.44. The van der Waals surface area contributed by atoms with E-state index < -0.39 is 18.2 Å². The van der Waals surface area contributed by atoms with Crippen LogP contribution in [0.5, 0.6) is 0 Å². The summed E-state index contributed by atoms with van der Waals surface area (Å²) in [5.41, 5.74) is 0.683. The van der Waals surface area contributed by atoms with Crippen molar-refractivity contribution in [1.82, 2.24) is 9.97 Å². The summed E-state index contributed by atoms with van der Waals surface area (Å²) in [4.78, 5) is 20.7. The highest BCUT2D eigenvalue weighted by atomic mass is 35.5. The first-order chi connectivity index (χ1) is 11.3. The molecule has 3 rings (SSSR count). The number of thioether (sulfide) groups is 1. The van der Waals surface area contributed by atoms with Crippen LogP contribution in [0.1, 0.15) is 6.42 Å². The minimum Gasteiger partial charge on any atom is -0.350 e. The Balaban J connectivity index is 1.80. The molecule has 0 unspecified atom stereocenters. The van der Waals surface area contributed by atoms with Crippen LogP contribution in [0.2, 0.25) is 5.02 Å². The van der Waals surface area contributed by atoms with E-state index in [2.05, 4.69) is 15.3 Å². The highest BCUT2D eigenvalue weighted by Gasteiger charge is 2.28. The Morgan fingerprint density at radius 2 is 2.00 bits per heavy atom. The van der Waals surface area contributed by atoms with E-state index in [0.717, 1.165) is 17.4 Å². The van der Waals surface area contributed by atoms with Gasteiger partial charge in [-0.3, -0.25) is 9.78 Å². The molecule has 0 radical (unpaired) electrons. The predicted octanol–water partition coefficient (Wildman–Crippen LogP) is 3.99. The first-order valence-corrected chi connectivity index (χ1v) is 8.31. The number of anilines is 3. The fourth-order valence-corrected chi connectivity index (χ4v) is 3.20. The van der Waals surface area contributed by atoms with Gasteiger partial charge < -0.3 is 10.2 Å². The largest absolute Gasteiger partial charge is 0.389 e. The molecule has 1 aliphatic rings. The zero-order chi connectivity index (χ0) is 17.3. The molecule has 24 heavy (non-hydrogen) atoms. The molecule has 1 aliphatic heterocycles. The van der Waals surface area contributed by atoms with Crippen molar-refractivity contribution in [3.8, 4) is 0 Å². The van der Waals surface area contributed by atoms with Crippen LogP contribution in [0.3, 0.4) is 0 Å². The van der Waals surface area contributed by atoms with Crippen molar-refractivity contribution >= 4 is 40.6 Å². The number of halogens is 4. The highest BCUT2D eigenvalue weighted by Crippen LogP contribution is 2.34. The van der Waals surface area contributed by atoms with Gasteiger partial charge in [0.25, 0.3) is 5.56 Å². The van der Waals surface area contributed by atoms with Crippen molar-refractivity contribution in [3.05, 3.63) is 39.6 Å². The van der Waals surface area contributed by atoms with Crippen molar-refractivity contribution in [3.63, 3.8) is 0 Å². The van der Waals surface area contributed by atoms with Crippen LogP contribution in [-0.2, 0) is 0 Å². The Labute approximate surface area is 144 Å². The van der Waals surface area contributed by atoms with Gasteiger partial charge in [0, 0.05) is 16.5 Å². The van der Waals surface area contributed by atoms with Gasteiger partial charge in [-0.15, -0.1) is 0 Å². The topological polar surface area (TPSA) is 61.0 Å². The molecule has 10 heteroatoms. The van der Waals surface area contributed by atoms with Crippen molar-refractivity contribution in [2.75, 3.05) is 22.6 Å². The minimum absolute atomic E-state index is 0.161. The molecule has 2 heterocycles. The Bertz CT molecular complexity index is 794. The monoisotopic (exact) mass is 376 g/mol. The Kier molecular flexibility index (Phi) is 4.64. The number of aromatic nitrogens is 2. The normalized spacial score (nSPS) is 13.8. The fraction of sp³-hybridized carbons (Fsp3) is 0.286. The van der Waals surface area contributed by atoms with E-state index in [1.165, 1.54) is 0 Å². The van der Waals surface area contributed by atoms with Crippen molar-refractivity contribution in [2.24, 2.45) is 0 Å². The first kappa shape index (κ1) is 17.0. The summed E-state index contributed by atoms with van der Waals surface area (Å²) < 4.78 is 36.6. The number of rotatable bonds is 4. The molecule has 0 saturated carbocycles. The maximum Gasteiger partial charge on any atom is 0.389 e. The predicted molar refractivity (Wildman–Crippen MR) is 88.3 cm³/mol. The number of hydrogen-bond donors (Lipinski definition) is 2. The van der Waals surface area contributed by atoms with E-state index >= 15 is 0 Å². The number of nitrogens with one attached hydrogen (secondary N) is 2. The number of fused-ring (bicyclic) bond motifs is 1. The molecule has 1 aromatic heterocycles. The number of hydrogen-bond acceptors (Lipinski definition) is 5. The molecule has 128 valence electrons. The van der Waals surface area contributed by atoms with Gasteiger partial charge >= 0.3 is 6.18 Å². The van der Waals surface area contributed by atoms with Crippen LogP contribution in [0.4, 0.5) is 30.4 Å². The van der Waals surface area contributed by atoms with Gasteiger partial charge in [0.15, 0.2) is 16.7 Å². The second-order valence-electron chi connectivity index (χ2n) is 5.02. The van der Waals surface area contributed by atoms with Gasteiger partial charge in [0.1, 0.15) is 0 Å². The van der Waals surface area contributed by atoms with E-state index in [1.807, 2.05) is 0 Å². The maximum absolute atomic E-state index is 12.3. The number of aromatic amines is 1. The lowest BCUT2D eigenvalue weighted by atomic mass is 10.3. The molecule has 5 nitrogen and oxygen atoms in total. The van der Waals surface area contributed by atoms with Crippen LogP contribution in [0.25, 0.3) is 0 Å². The SMILES string of the molecule is O=c1[nH]c(SCCC(F)(F)F)nc2c1N(c1ccc(Cl)cc1)CN2. The molecule has 1 aromatic carbocycles. The second-order valence-corrected chi connectivity index (χ2v) is 6.54. The summed E-state index contributed by atoms with van der Waals surface area (Å²) in [5.74, 6) is 0.148. The molecule has 0 amide bonds. The molecule has 2 aromatic rings. The molecule has 0 aliphatic carbocycles. The molecular formula is C14H12ClF3N4OS. The second kappa shape index (κ2) is 6.56. The lowest BCUT2D eigenvalue weighted by Crippen LogP contribution is -2.22. The minimum atomic E-state index is -4.23. The van der Waals surface area contributed by atoms with Crippen LogP contribution in [0, 0.1) is 0 Å². The maximum atomic E-state index is 12.3. The summed E-state index contributed by atoms with van der Waals surface area (Å²) in [6.45, 7) is 0.337. The van der Waals surface area contributed by atoms with Crippen LogP contribution in [-0.4, -0.2) is 28.6 Å². The smallest absolute Gasteiger partial charge is 0.350 e. The Hall–Kier alpha value is -1.87. The van der Waals surface area contributed by atoms with E-state index in [9.17, 15) is 18.0 Å². The van der Waals surface area contributed by atoms with Crippen LogP contribution >= 0.6 is 23.4 Å². The Morgan fingerprint density at radius 3 is 2.67 bits per heavy atom. The van der Waals surface area contributed by atoms with E-state index in [1.54, 1.807) is 29.2 Å². The van der Waals surface area contributed by atoms with Crippen molar-refractivity contribution in [2.45, 2.75) is 17.8 Å². The number of nitrogens with zero attached hydrogens (tertiary/aromatic N) is 2. The van der Waals surface area contributed by atoms with E-state index in [0.29, 0.717) is 23.2 Å². The Morgan fingerprint density at radius 1 is 1.29 bits per heavy atom. The molecule has 2 N–H and O–H groups in total. The zero-order valence-electron chi connectivity index (χ0n) is 12.2. The molecule has 0 fully saturated rings. The van der Waals surface area contributed by atoms with E-state index in [4.69, 9.17) is 11.6 Å². The van der Waals surface area contributed by atoms with Gasteiger partial charge in [-0.25, -0.2) is 4.98 Å². The van der Waals surface area contributed by atoms with Gasteiger partial charge in [0.05, 0.1) is 13.1 Å². The average molecular weight is 377 g/mol. The van der Waals surface area contributed by atoms with Crippen molar-refractivity contribution in [1.29, 1.82) is 0 Å². The quantitative estimate of drug-likeness (QED) is 0.624. The third-order valence-electron chi connectivity index (χ3n) is 3.31. The molecule has 0 spiro atoms. The lowest BCUT2D eigenvalue weighted by molar-refractivity contribution is -0.129. The molecule has 0 bridgehead atoms.